The van der Waals surface area contributed by atoms with Crippen molar-refractivity contribution in [1.29, 1.82) is 0 Å². The molecule has 0 N–H and O–H groups in total. The molecule has 0 aromatic heterocycles. The highest BCUT2D eigenvalue weighted by atomic mass is 16.7. The fraction of sp³-hybridized carbons (Fsp3) is 0.800. The highest BCUT2D eigenvalue weighted by molar-refractivity contribution is 5.84. The monoisotopic (exact) mass is 1410 g/mol. The molecule has 2 aliphatic rings. The quantitative estimate of drug-likeness (QED) is 0.0199. The fourth-order valence-electron chi connectivity index (χ4n) is 8.00. The number of hydrogen-bond acceptors (Lipinski definition) is 28. The van der Waals surface area contributed by atoms with E-state index in [2.05, 4.69) is 35.0 Å². The summed E-state index contributed by atoms with van der Waals surface area (Å²) in [5.41, 5.74) is -1.07. The molecule has 1 saturated heterocycles. The van der Waals surface area contributed by atoms with Crippen LogP contribution in [0.3, 0.4) is 0 Å². The average Bonchev–Trinajstić information content (AvgIpc) is 1.01. The number of rotatable bonds is 32. The molecule has 0 radical (unpaired) electrons. The normalized spacial score (nSPS) is 17.6. The molecule has 28 nitrogen and oxygen atoms in total. The molecule has 0 bridgehead atoms. The standard InChI is InChI=1S/C14H24O4.C12H20O5.C12H22O5.C12H20O4.2C10H18O5/c1-10(12(15)17-4)11(2)13(16)18-14(3)8-6-5-7-9-14;1-8(11(13)15-3)9(2)12(14)17-10-6-4-5-7-16-10;1-6-7-16-10(4)17-12(14)9(3)8(2)11(13)15-5;1-7-12(4,5)16-11(14)9(3)8(2)10(13)15-6;1-7(9(11)14-4)8(2)10(12)15-6-5-13-3;1-5-14-6-15-10(12)8(3)7(2)9(11)13-4/h10-11H,5-9H2,1-4H3;8-10H,4-7H2,1-3H3;8-10H,6-7H2,1-5H3;7-9H,1H2,2-6H3;2*7-8H,5-6H2,1-4H3. The molecule has 0 amide bonds. The molecule has 570 valence electrons. The van der Waals surface area contributed by atoms with Crippen LogP contribution in [-0.2, 0) is 133 Å². The minimum Gasteiger partial charge on any atom is -0.469 e. The zero-order chi connectivity index (χ0) is 76.6. The van der Waals surface area contributed by atoms with Crippen LogP contribution >= 0.6 is 0 Å². The molecule has 0 aromatic rings. The molecule has 1 heterocycles. The Morgan fingerprint density at radius 3 is 1.18 bits per heavy atom. The van der Waals surface area contributed by atoms with E-state index in [-0.39, 0.29) is 30.9 Å². The first kappa shape index (κ1) is 97.6. The summed E-state index contributed by atoms with van der Waals surface area (Å²) in [6, 6.07) is 0. The van der Waals surface area contributed by atoms with E-state index in [1.165, 1.54) is 56.2 Å². The second-order valence-electron chi connectivity index (χ2n) is 24.6. The third-order valence-electron chi connectivity index (χ3n) is 16.5. The van der Waals surface area contributed by atoms with Crippen molar-refractivity contribution >= 4 is 71.6 Å². The molecular formula is C70H122O28. The summed E-state index contributed by atoms with van der Waals surface area (Å²) in [6.45, 7) is 36.3. The minimum absolute atomic E-state index is 0.0758. The maximum absolute atomic E-state index is 12.0. The van der Waals surface area contributed by atoms with Gasteiger partial charge in [0.1, 0.15) is 17.8 Å². The van der Waals surface area contributed by atoms with Crippen molar-refractivity contribution in [3.63, 3.8) is 0 Å². The van der Waals surface area contributed by atoms with E-state index in [1.54, 1.807) is 117 Å². The van der Waals surface area contributed by atoms with Crippen molar-refractivity contribution < 1.29 is 133 Å². The van der Waals surface area contributed by atoms with E-state index < -0.39 is 149 Å². The summed E-state index contributed by atoms with van der Waals surface area (Å²) in [5, 5.41) is 0. The highest BCUT2D eigenvalue weighted by Crippen LogP contribution is 2.33. The Hall–Kier alpha value is -6.78. The van der Waals surface area contributed by atoms with E-state index in [4.69, 9.17) is 47.4 Å². The Morgan fingerprint density at radius 2 is 0.827 bits per heavy atom. The van der Waals surface area contributed by atoms with Crippen molar-refractivity contribution in [2.75, 3.05) is 89.6 Å². The zero-order valence-corrected chi connectivity index (χ0v) is 63.4. The molecule has 1 saturated carbocycles. The third kappa shape index (κ3) is 40.9. The maximum Gasteiger partial charge on any atom is 0.311 e. The van der Waals surface area contributed by atoms with Crippen LogP contribution < -0.4 is 0 Å². The number of methoxy groups -OCH3 is 7. The van der Waals surface area contributed by atoms with Gasteiger partial charge in [-0.2, -0.15) is 0 Å². The third-order valence-corrected chi connectivity index (χ3v) is 16.5. The van der Waals surface area contributed by atoms with E-state index in [0.717, 1.165) is 51.4 Å². The summed E-state index contributed by atoms with van der Waals surface area (Å²) in [5.74, 6) is -11.0. The van der Waals surface area contributed by atoms with Gasteiger partial charge in [-0.3, -0.25) is 57.5 Å². The van der Waals surface area contributed by atoms with Crippen molar-refractivity contribution in [2.24, 2.45) is 71.0 Å². The SMILES string of the molecule is C=CC(C)(C)OC(=O)C(C)C(C)C(=O)OC.CCCOC(C)OC(=O)C(C)C(C)C(=O)OC.CCOCOC(=O)C(C)C(C)C(=O)OC.COC(=O)C(C)C(C)C(=O)OC1(C)CCCCC1.COC(=O)C(C)C(C)C(=O)OC1CCCCO1.COCCOC(=O)C(C)C(C)C(=O)OC. The number of hydrogen-bond donors (Lipinski definition) is 0. The Morgan fingerprint density at radius 1 is 0.459 bits per heavy atom. The average molecular weight is 1410 g/mol. The Balaban J connectivity index is -0.000000542. The van der Waals surface area contributed by atoms with Crippen molar-refractivity contribution in [3.8, 4) is 0 Å². The van der Waals surface area contributed by atoms with Crippen LogP contribution in [0.1, 0.15) is 182 Å². The molecule has 1 aliphatic carbocycles. The van der Waals surface area contributed by atoms with Gasteiger partial charge in [0, 0.05) is 20.1 Å². The molecule has 0 spiro atoms. The lowest BCUT2D eigenvalue weighted by Crippen LogP contribution is -2.38. The smallest absolute Gasteiger partial charge is 0.311 e. The number of carbonyl (C=O) groups excluding carboxylic acids is 12. The summed E-state index contributed by atoms with van der Waals surface area (Å²) in [4.78, 5) is 137. The van der Waals surface area contributed by atoms with Gasteiger partial charge >= 0.3 is 71.6 Å². The summed E-state index contributed by atoms with van der Waals surface area (Å²) in [6.07, 6.45) is 9.33. The lowest BCUT2D eigenvalue weighted by Gasteiger charge is -2.34. The summed E-state index contributed by atoms with van der Waals surface area (Å²) < 4.78 is 78.3. The Kier molecular flexibility index (Phi) is 53.9. The van der Waals surface area contributed by atoms with Gasteiger partial charge in [-0.05, 0) is 85.6 Å². The second-order valence-corrected chi connectivity index (χ2v) is 24.6. The van der Waals surface area contributed by atoms with E-state index in [0.29, 0.717) is 26.4 Å². The molecule has 28 heteroatoms. The van der Waals surface area contributed by atoms with Crippen molar-refractivity contribution in [3.05, 3.63) is 12.7 Å². The first-order valence-corrected chi connectivity index (χ1v) is 33.3. The first-order valence-electron chi connectivity index (χ1n) is 33.3. The van der Waals surface area contributed by atoms with Gasteiger partial charge in [0.15, 0.2) is 13.1 Å². The maximum atomic E-state index is 12.0. The van der Waals surface area contributed by atoms with Crippen LogP contribution in [0.4, 0.5) is 0 Å². The van der Waals surface area contributed by atoms with Crippen LogP contribution in [0.25, 0.3) is 0 Å². The summed E-state index contributed by atoms with van der Waals surface area (Å²) >= 11 is 0. The molecule has 2 fully saturated rings. The second kappa shape index (κ2) is 54.1. The lowest BCUT2D eigenvalue weighted by molar-refractivity contribution is -0.193. The number of esters is 12. The van der Waals surface area contributed by atoms with Crippen LogP contribution in [0.2, 0.25) is 0 Å². The van der Waals surface area contributed by atoms with Crippen LogP contribution in [0.15, 0.2) is 12.7 Å². The predicted molar refractivity (Wildman–Crippen MR) is 357 cm³/mol. The fourth-order valence-corrected chi connectivity index (χ4v) is 8.00. The molecular weight excluding hydrogens is 1290 g/mol. The molecule has 1 aliphatic heterocycles. The van der Waals surface area contributed by atoms with Gasteiger partial charge < -0.3 is 75.8 Å². The largest absolute Gasteiger partial charge is 0.469 e. The van der Waals surface area contributed by atoms with Crippen LogP contribution in [0, 0.1) is 71.0 Å². The van der Waals surface area contributed by atoms with Crippen LogP contribution in [0.5, 0.6) is 0 Å². The molecule has 14 atom stereocenters. The predicted octanol–water partition coefficient (Wildman–Crippen LogP) is 9.48. The lowest BCUT2D eigenvalue weighted by atomic mass is 9.86. The van der Waals surface area contributed by atoms with Gasteiger partial charge in [0.2, 0.25) is 6.29 Å². The minimum atomic E-state index is -0.721. The van der Waals surface area contributed by atoms with Crippen LogP contribution in [-0.4, -0.2) is 185 Å². The Bertz CT molecular complexity index is 2310. The van der Waals surface area contributed by atoms with Gasteiger partial charge in [-0.1, -0.05) is 103 Å². The molecule has 2 rings (SSSR count). The van der Waals surface area contributed by atoms with Gasteiger partial charge in [-0.15, -0.1) is 0 Å². The number of carbonyl (C=O) groups is 12. The van der Waals surface area contributed by atoms with Crippen molar-refractivity contribution in [1.82, 2.24) is 0 Å². The van der Waals surface area contributed by atoms with E-state index >= 15 is 0 Å². The van der Waals surface area contributed by atoms with E-state index in [1.807, 2.05) is 13.8 Å². The van der Waals surface area contributed by atoms with E-state index in [9.17, 15) is 57.5 Å². The van der Waals surface area contributed by atoms with Gasteiger partial charge in [0.25, 0.3) is 0 Å². The zero-order valence-electron chi connectivity index (χ0n) is 63.4. The summed E-state index contributed by atoms with van der Waals surface area (Å²) in [7, 11) is 9.34. The topological polar surface area (TPSA) is 353 Å². The van der Waals surface area contributed by atoms with Crippen molar-refractivity contribution in [2.45, 2.75) is 206 Å². The molecule has 14 unspecified atom stereocenters. The first-order chi connectivity index (χ1) is 45.7. The van der Waals surface area contributed by atoms with Gasteiger partial charge in [0.05, 0.1) is 133 Å². The molecule has 98 heavy (non-hydrogen) atoms. The highest BCUT2D eigenvalue weighted by Gasteiger charge is 2.37. The van der Waals surface area contributed by atoms with Gasteiger partial charge in [-0.25, -0.2) is 0 Å². The Labute approximate surface area is 582 Å². The number of ether oxygens (including phenoxy) is 16. The molecule has 0 aromatic carbocycles.